The lowest BCUT2D eigenvalue weighted by atomic mass is 9.35. The second-order valence-corrected chi connectivity index (χ2v) is 23.2. The quantitative estimate of drug-likeness (QED) is 0.165. The molecular formula is C59H63BN2O. The second kappa shape index (κ2) is 13.3. The molecule has 4 heteroatoms. The second-order valence-electron chi connectivity index (χ2n) is 23.2. The van der Waals surface area contributed by atoms with Gasteiger partial charge in [-0.1, -0.05) is 137 Å². The molecule has 6 aromatic carbocycles. The minimum Gasteiger partial charge on any atom is -0.468 e. The molecule has 1 aromatic heterocycles. The van der Waals surface area contributed by atoms with Crippen molar-refractivity contribution in [2.24, 2.45) is 0 Å². The van der Waals surface area contributed by atoms with Crippen molar-refractivity contribution in [1.29, 1.82) is 0 Å². The maximum Gasteiger partial charge on any atom is 0.297 e. The summed E-state index contributed by atoms with van der Waals surface area (Å²) in [6.45, 7) is 28.7. The zero-order valence-corrected chi connectivity index (χ0v) is 39.7. The Bertz CT molecular complexity index is 3010. The lowest BCUT2D eigenvalue weighted by Crippen LogP contribution is -2.61. The van der Waals surface area contributed by atoms with Gasteiger partial charge in [-0.05, 0) is 170 Å². The summed E-state index contributed by atoms with van der Waals surface area (Å²) in [5.41, 5.74) is 23.0. The van der Waals surface area contributed by atoms with Crippen LogP contribution in [0.5, 0.6) is 0 Å². The van der Waals surface area contributed by atoms with Gasteiger partial charge in [0.1, 0.15) is 5.58 Å². The molecule has 0 saturated heterocycles. The topological polar surface area (TPSA) is 19.6 Å². The summed E-state index contributed by atoms with van der Waals surface area (Å²) in [7, 11) is 0. The molecule has 0 unspecified atom stereocenters. The number of furan rings is 1. The van der Waals surface area contributed by atoms with Crippen LogP contribution in [-0.2, 0) is 27.1 Å². The van der Waals surface area contributed by atoms with Crippen LogP contribution in [0.1, 0.15) is 135 Å². The molecular weight excluding hydrogens is 763 g/mol. The predicted molar refractivity (Wildman–Crippen MR) is 270 cm³/mol. The molecule has 0 atom stereocenters. The summed E-state index contributed by atoms with van der Waals surface area (Å²) in [5, 5.41) is 1.21. The third-order valence-electron chi connectivity index (χ3n) is 16.0. The van der Waals surface area contributed by atoms with Crippen molar-refractivity contribution in [3.05, 3.63) is 149 Å². The van der Waals surface area contributed by atoms with Crippen LogP contribution in [0.15, 0.2) is 120 Å². The van der Waals surface area contributed by atoms with Crippen LogP contribution >= 0.6 is 0 Å². The Labute approximate surface area is 376 Å². The number of nitrogens with zero attached hydrogens (tertiary/aromatic N) is 2. The van der Waals surface area contributed by atoms with E-state index in [1.54, 1.807) is 0 Å². The van der Waals surface area contributed by atoms with Crippen molar-refractivity contribution >= 4 is 68.4 Å². The first-order valence-corrected chi connectivity index (χ1v) is 23.5. The highest BCUT2D eigenvalue weighted by Gasteiger charge is 2.49. The molecule has 0 fully saturated rings. The number of hydrogen-bond acceptors (Lipinski definition) is 3. The monoisotopic (exact) mass is 827 g/mol. The molecule has 3 heterocycles. The lowest BCUT2D eigenvalue weighted by Gasteiger charge is -2.46. The number of anilines is 6. The number of rotatable bonds is 3. The Kier molecular flexibility index (Phi) is 8.50. The zero-order valence-electron chi connectivity index (χ0n) is 39.7. The highest BCUT2D eigenvalue weighted by Crippen LogP contribution is 2.53. The highest BCUT2D eigenvalue weighted by molar-refractivity contribution is 7.00. The normalized spacial score (nSPS) is 18.6. The molecule has 4 aliphatic rings. The van der Waals surface area contributed by atoms with Crippen LogP contribution in [-0.4, -0.2) is 6.71 Å². The Balaban J connectivity index is 1.26. The molecule has 318 valence electrons. The standard InChI is InChI=1S/C59H63BN2O/c1-36-29-49-52-50(30-36)62(40-23-21-39(22-24-40)55(2,3)4)53-42-32-43-46(59(11,12)28-25-56(43,5)6)35-51(42)63-54(53)60(52)47-33-44-45(58(9,10)27-26-57(44,7)8)34-48(47)61(49)41-20-16-19-38(31-41)37-17-14-13-15-18-37/h13-24,29-35H,25-28H2,1-12H3. The third-order valence-corrected chi connectivity index (χ3v) is 16.0. The van der Waals surface area contributed by atoms with Gasteiger partial charge in [-0.25, -0.2) is 0 Å². The summed E-state index contributed by atoms with van der Waals surface area (Å²) >= 11 is 0. The zero-order chi connectivity index (χ0) is 44.2. The maximum absolute atomic E-state index is 7.58. The van der Waals surface area contributed by atoms with E-state index >= 15 is 0 Å². The van der Waals surface area contributed by atoms with Gasteiger partial charge in [0.25, 0.3) is 6.71 Å². The fourth-order valence-electron chi connectivity index (χ4n) is 11.8. The number of fused-ring (bicyclic) bond motifs is 8. The van der Waals surface area contributed by atoms with Gasteiger partial charge in [0.2, 0.25) is 0 Å². The molecule has 0 saturated carbocycles. The van der Waals surface area contributed by atoms with E-state index in [1.165, 1.54) is 89.3 Å². The average molecular weight is 827 g/mol. The summed E-state index contributed by atoms with van der Waals surface area (Å²) in [6.07, 6.45) is 4.64. The SMILES string of the molecule is Cc1cc2c3c(c1)N(c1ccc(C(C)(C)C)cc1)c1c(oc4cc5c(cc14)C(C)(C)CCC5(C)C)B3c1cc3c(cc1N2c1cccc(-c2ccccc2)c1)C(C)(C)CCC3(C)C. The van der Waals surface area contributed by atoms with E-state index in [2.05, 4.69) is 208 Å². The van der Waals surface area contributed by atoms with Gasteiger partial charge in [-0.3, -0.25) is 0 Å². The molecule has 2 aliphatic heterocycles. The van der Waals surface area contributed by atoms with Gasteiger partial charge in [0, 0.05) is 33.8 Å². The first kappa shape index (κ1) is 40.3. The highest BCUT2D eigenvalue weighted by atomic mass is 16.3. The molecule has 0 N–H and O–H groups in total. The molecule has 7 aromatic rings. The van der Waals surface area contributed by atoms with Crippen molar-refractivity contribution in [3.8, 4) is 11.1 Å². The fourth-order valence-corrected chi connectivity index (χ4v) is 11.8. The molecule has 0 bridgehead atoms. The minimum atomic E-state index is -0.101. The van der Waals surface area contributed by atoms with Crippen molar-refractivity contribution in [2.45, 2.75) is 136 Å². The number of aryl methyl sites for hydroxylation is 1. The van der Waals surface area contributed by atoms with Crippen LogP contribution in [0, 0.1) is 6.92 Å². The van der Waals surface area contributed by atoms with E-state index in [1.807, 2.05) is 0 Å². The number of hydrogen-bond donors (Lipinski definition) is 0. The minimum absolute atomic E-state index is 0.0384. The molecule has 11 rings (SSSR count). The lowest BCUT2D eigenvalue weighted by molar-refractivity contribution is 0.332. The van der Waals surface area contributed by atoms with Gasteiger partial charge in [0.15, 0.2) is 0 Å². The summed E-state index contributed by atoms with van der Waals surface area (Å²) in [5.74, 6) is 0. The van der Waals surface area contributed by atoms with E-state index in [0.29, 0.717) is 0 Å². The van der Waals surface area contributed by atoms with Gasteiger partial charge in [-0.2, -0.15) is 0 Å². The molecule has 3 nitrogen and oxygen atoms in total. The number of benzene rings is 6. The van der Waals surface area contributed by atoms with Crippen LogP contribution in [0.2, 0.25) is 0 Å². The maximum atomic E-state index is 7.58. The van der Waals surface area contributed by atoms with Gasteiger partial charge >= 0.3 is 0 Å². The van der Waals surface area contributed by atoms with Crippen LogP contribution in [0.3, 0.4) is 0 Å². The van der Waals surface area contributed by atoms with E-state index in [9.17, 15) is 0 Å². The van der Waals surface area contributed by atoms with E-state index in [0.717, 1.165) is 42.6 Å². The predicted octanol–water partition coefficient (Wildman–Crippen LogP) is 14.5. The van der Waals surface area contributed by atoms with E-state index in [-0.39, 0.29) is 33.8 Å². The smallest absolute Gasteiger partial charge is 0.297 e. The van der Waals surface area contributed by atoms with E-state index < -0.39 is 0 Å². The summed E-state index contributed by atoms with van der Waals surface area (Å²) < 4.78 is 7.58. The first-order chi connectivity index (χ1) is 29.7. The molecule has 2 aliphatic carbocycles. The Hall–Kier alpha value is -5.48. The van der Waals surface area contributed by atoms with E-state index in [4.69, 9.17) is 4.42 Å². The Morgan fingerprint density at radius 2 is 1.08 bits per heavy atom. The van der Waals surface area contributed by atoms with Crippen molar-refractivity contribution in [2.75, 3.05) is 9.80 Å². The van der Waals surface area contributed by atoms with Crippen molar-refractivity contribution in [3.63, 3.8) is 0 Å². The first-order valence-electron chi connectivity index (χ1n) is 23.5. The van der Waals surface area contributed by atoms with Crippen LogP contribution in [0.4, 0.5) is 34.1 Å². The van der Waals surface area contributed by atoms with Crippen molar-refractivity contribution < 1.29 is 4.42 Å². The van der Waals surface area contributed by atoms with Gasteiger partial charge in [0.05, 0.1) is 11.3 Å². The summed E-state index contributed by atoms with van der Waals surface area (Å²) in [4.78, 5) is 5.17. The van der Waals surface area contributed by atoms with Gasteiger partial charge < -0.3 is 14.2 Å². The largest absolute Gasteiger partial charge is 0.468 e. The van der Waals surface area contributed by atoms with Crippen LogP contribution in [0.25, 0.3) is 22.1 Å². The van der Waals surface area contributed by atoms with Crippen molar-refractivity contribution in [1.82, 2.24) is 0 Å². The molecule has 0 amide bonds. The molecule has 0 radical (unpaired) electrons. The average Bonchev–Trinajstić information content (AvgIpc) is 3.61. The molecule has 63 heavy (non-hydrogen) atoms. The van der Waals surface area contributed by atoms with Crippen LogP contribution < -0.4 is 26.4 Å². The summed E-state index contributed by atoms with van der Waals surface area (Å²) in [6, 6.07) is 44.5. The van der Waals surface area contributed by atoms with Gasteiger partial charge in [-0.15, -0.1) is 0 Å². The third kappa shape index (κ3) is 6.06. The molecule has 0 spiro atoms. The fraction of sp³-hybridized carbons (Fsp3) is 0.356. The Morgan fingerprint density at radius 3 is 1.70 bits per heavy atom. The Morgan fingerprint density at radius 1 is 0.524 bits per heavy atom.